The zero-order valence-corrected chi connectivity index (χ0v) is 134. The van der Waals surface area contributed by atoms with E-state index in [0.717, 1.165) is 19.6 Å². The fourth-order valence-corrected chi connectivity index (χ4v) is 966. The van der Waals surface area contributed by atoms with Crippen molar-refractivity contribution in [2.75, 3.05) is 0 Å². The van der Waals surface area contributed by atoms with E-state index in [1.807, 2.05) is 0 Å². The van der Waals surface area contributed by atoms with Crippen molar-refractivity contribution in [3.63, 3.8) is 0 Å². The van der Waals surface area contributed by atoms with Gasteiger partial charge in [0.1, 0.15) is 0 Å². The van der Waals surface area contributed by atoms with Gasteiger partial charge in [0, 0.05) is 0 Å². The maximum Gasteiger partial charge on any atom is 0.420 e. The lowest BCUT2D eigenvalue weighted by Gasteiger charge is -2.77. The minimum atomic E-state index is -10.7. The largest absolute Gasteiger partial charge is 0.439 e. The molecular formula is C9H70O64Si65. The van der Waals surface area contributed by atoms with Crippen molar-refractivity contribution in [1.82, 2.24) is 0 Å². The monoisotopic (exact) mass is 3020 g/mol. The fraction of sp³-hybridized carbons (Fsp3) is 1.00. The molecule has 750 valence electrons. The summed E-state index contributed by atoms with van der Waals surface area (Å²) in [7, 11) is -194. The average Bonchev–Trinajstić information content (AvgIpc) is 0.610. The Bertz CT molecular complexity index is 3130. The minimum absolute atomic E-state index is 0.641. The maximum atomic E-state index is 16.1. The molecule has 0 amide bonds. The number of rotatable bonds is 86. The smallest absolute Gasteiger partial charge is 0.420 e. The standard InChI is InChI=1S/C9H70O64Si65/c1-114(50)134(113-49,65-87-23)123(56-78-14,118(51,88-24)116(5,6)7)73-136(137(130(105-41,106-42)61-83-19,131(107-43,108-44)62-84-20)70-121(93-29,94-30)54-76-12,138(132(109-45,110-46)63-85-21,133(111-47,112-48)64-86-22)71-122(95-31,96-32)55-77-13)125(67-117(8,9)66-115(2,3)4,135(128(101-37,102-38)59-81-17,129(103-39,104-40)60-82-18)69-120(91-27,92-28)53-75-11)72-124(126(97-33,98-34)57-79-15,127(99-35,100-36)58-80-16)68-119(89-25,90-26)52-74-10/h10-51,114H,1-9H3. The molecule has 0 rings (SSSR count). The summed E-state index contributed by atoms with van der Waals surface area (Å²) in [5.41, 5.74) is 0. The van der Waals surface area contributed by atoms with Crippen LogP contribution in [0.5, 0.6) is 0 Å². The van der Waals surface area contributed by atoms with E-state index in [0.29, 0.717) is 19.6 Å². The van der Waals surface area contributed by atoms with Crippen molar-refractivity contribution in [2.45, 2.75) is 58.9 Å². The normalized spacial score (nSPS) is 16.6. The van der Waals surface area contributed by atoms with E-state index in [1.165, 1.54) is 19.6 Å². The first-order valence-electron chi connectivity index (χ1n) is 33.5. The lowest BCUT2D eigenvalue weighted by Crippen LogP contribution is -3.22. The Kier molecular flexibility index (Phi) is 72.0. The molecule has 0 saturated carbocycles. The van der Waals surface area contributed by atoms with Gasteiger partial charge in [-0.3, -0.25) is 0 Å². The fourth-order valence-electron chi connectivity index (χ4n) is 13.0. The van der Waals surface area contributed by atoms with Crippen LogP contribution in [-0.4, -0.2) is 765 Å². The molecule has 0 fully saturated rings. The van der Waals surface area contributed by atoms with E-state index in [-0.39, 0.29) is 0 Å². The molecule has 0 saturated heterocycles. The van der Waals surface area contributed by atoms with Gasteiger partial charge in [-0.25, -0.2) is 0 Å². The molecule has 0 aromatic rings. The van der Waals surface area contributed by atoms with E-state index in [9.17, 15) is 201 Å². The quantitative estimate of drug-likeness (QED) is 0.0251. The molecule has 0 spiro atoms. The Morgan fingerprint density at radius 3 is 0.587 bits per heavy atom. The van der Waals surface area contributed by atoms with Crippen LogP contribution in [0.15, 0.2) is 0 Å². The third kappa shape index (κ3) is 28.3. The number of hydrogen-bond acceptors (Lipinski definition) is 64. The van der Waals surface area contributed by atoms with Crippen LogP contribution in [0.3, 0.4) is 0 Å². The highest BCUT2D eigenvalue weighted by atomic mass is 30.6. The Labute approximate surface area is 903 Å². The third-order valence-corrected chi connectivity index (χ3v) is 545. The molecule has 42 N–H and O–H groups in total. The van der Waals surface area contributed by atoms with Crippen molar-refractivity contribution < 1.29 is 292 Å². The van der Waals surface area contributed by atoms with Gasteiger partial charge in [-0.05, 0) is 39.3 Å². The highest BCUT2D eigenvalue weighted by Crippen LogP contribution is 2.62. The summed E-state index contributed by atoms with van der Waals surface area (Å²) in [6, 6.07) is 0. The van der Waals surface area contributed by atoms with Gasteiger partial charge in [0.15, 0.2) is 16.9 Å². The molecule has 80 radical (unpaired) electrons. The van der Waals surface area contributed by atoms with E-state index in [4.69, 9.17) is 86.4 Å². The molecule has 0 aliphatic carbocycles. The molecule has 129 heteroatoms. The van der Waals surface area contributed by atoms with Crippen molar-refractivity contribution in [3.8, 4) is 0 Å². The molecule has 0 aliphatic rings. The van der Waals surface area contributed by atoms with Gasteiger partial charge in [-0.1, -0.05) is 19.6 Å². The lowest BCUT2D eigenvalue weighted by molar-refractivity contribution is 0.291. The zero-order valence-electron chi connectivity index (χ0n) is 69.3. The summed E-state index contributed by atoms with van der Waals surface area (Å²) in [6.07, 6.45) is 0. The molecule has 0 aliphatic heterocycles. The first kappa shape index (κ1) is 150. The zero-order chi connectivity index (χ0) is 107. The molecule has 0 aromatic carbocycles. The summed E-state index contributed by atoms with van der Waals surface area (Å²) in [6.45, 7) is -109. The van der Waals surface area contributed by atoms with Crippen LogP contribution in [0.2, 0.25) is 58.9 Å². The topological polar surface area (TPSA) is 1050 Å². The van der Waals surface area contributed by atoms with Crippen LogP contribution in [0.25, 0.3) is 0 Å². The van der Waals surface area contributed by atoms with Gasteiger partial charge < -0.3 is 292 Å². The summed E-state index contributed by atoms with van der Waals surface area (Å²) < 4.78 is 158. The Hall–Kier alpha value is 11.5. The third-order valence-electron chi connectivity index (χ3n) is 17.9. The van der Waals surface area contributed by atoms with Crippen LogP contribution in [0.4, 0.5) is 0 Å². The first-order valence-corrected chi connectivity index (χ1v) is 164. The Morgan fingerprint density at radius 2 is 0.399 bits per heavy atom. The summed E-state index contributed by atoms with van der Waals surface area (Å²) >= 11 is 0. The first-order chi connectivity index (χ1) is 64.8. The van der Waals surface area contributed by atoms with E-state index < -0.39 is 564 Å². The van der Waals surface area contributed by atoms with E-state index in [2.05, 4.69) is 0 Å². The molecule has 0 bridgehead atoms. The van der Waals surface area contributed by atoms with Gasteiger partial charge in [0.2, 0.25) is 229 Å². The molecule has 0 heterocycles. The van der Waals surface area contributed by atoms with Crippen LogP contribution < -0.4 is 0 Å². The predicted molar refractivity (Wildman–Crippen MR) is 545 cm³/mol. The second-order valence-corrected chi connectivity index (χ2v) is 309. The second-order valence-electron chi connectivity index (χ2n) is 26.8. The molecule has 64 nitrogen and oxygen atoms in total. The molecule has 0 aromatic heterocycles. The molecule has 5 unspecified atom stereocenters. The SMILES string of the molecule is C[SiH](O)[Si](O[Si]O)([Si]O)[Si](O[Si]O)(O[Si]([Si](O[Si](C)(C)O[Si](C)(C)C)(O[Si](O[Si](O[Si]O)([Si]O)[Si]O)([Si](O[Si]O)([Si]O)[Si]O)[Si](O[Si]O)([Si]O)[Si]O)[Si](O[Si](O[Si]O)([Si]O)[Si]O)([Si](O[Si]O)([Si]O)[Si]O)[Si](O[Si]O)([Si]O)[Si]O)([Si](O[Si](O[Si]O)([Si]O)[Si]O)([Si](O[Si]O)([Si]O)[Si]O)[Si](O[Si]O)([Si]O)[Si]O)[Si](O[Si](O[Si]O)([Si]O)[Si]O)([Si](O[Si]O)([Si]O)[Si]O)[Si](O[Si]O)([Si]O)[Si]O)[Si](O)([Si]O)[Si](C)(C)C. The minimum Gasteiger partial charge on any atom is -0.439 e. The summed E-state index contributed by atoms with van der Waals surface area (Å²) in [4.78, 5) is 565. The lowest BCUT2D eigenvalue weighted by atomic mass is 11.8. The molecular weight excluding hydrogens is 2960 g/mol. The molecule has 5 atom stereocenters. The highest BCUT2D eigenvalue weighted by molar-refractivity contribution is 8.35. The van der Waals surface area contributed by atoms with Crippen molar-refractivity contribution in [2.24, 2.45) is 0 Å². The van der Waals surface area contributed by atoms with Crippen molar-refractivity contribution >= 4 is 564 Å². The Morgan fingerprint density at radius 1 is 0.181 bits per heavy atom. The van der Waals surface area contributed by atoms with Gasteiger partial charge in [-0.15, -0.1) is 0 Å². The predicted octanol–water partition coefficient (Wildman–Crippen LogP) is -44.7. The van der Waals surface area contributed by atoms with Crippen molar-refractivity contribution in [3.05, 3.63) is 0 Å². The average molecular weight is 3030 g/mol. The Balaban J connectivity index is 19.8. The van der Waals surface area contributed by atoms with Crippen molar-refractivity contribution in [1.29, 1.82) is 0 Å². The summed E-state index contributed by atoms with van der Waals surface area (Å²) in [5.74, 6) is 0. The summed E-state index contributed by atoms with van der Waals surface area (Å²) in [5, 5.41) is 0. The maximum absolute atomic E-state index is 16.1. The number of hydrogen-bond donors (Lipinski definition) is 42. The second kappa shape index (κ2) is 66.5. The van der Waals surface area contributed by atoms with Crippen LogP contribution >= 0.6 is 0 Å². The van der Waals surface area contributed by atoms with Gasteiger partial charge in [0.05, 0.1) is 7.59 Å². The van der Waals surface area contributed by atoms with E-state index >= 15 is 4.80 Å². The van der Waals surface area contributed by atoms with Gasteiger partial charge >= 0.3 is 202 Å². The van der Waals surface area contributed by atoms with Gasteiger partial charge in [-0.2, -0.15) is 0 Å². The van der Waals surface area contributed by atoms with E-state index in [1.54, 1.807) is 0 Å². The highest BCUT2D eigenvalue weighted by Gasteiger charge is 3.10. The van der Waals surface area contributed by atoms with Crippen LogP contribution in [-0.2, 0) is 90.5 Å². The molecule has 138 heavy (non-hydrogen) atoms. The van der Waals surface area contributed by atoms with Gasteiger partial charge in [0.25, 0.3) is 109 Å². The van der Waals surface area contributed by atoms with Crippen LogP contribution in [0.1, 0.15) is 0 Å². The van der Waals surface area contributed by atoms with Crippen LogP contribution in [0, 0.1) is 0 Å².